The number of nitrogens with zero attached hydrogens (tertiary/aromatic N) is 2. The second-order valence-electron chi connectivity index (χ2n) is 4.12. The Morgan fingerprint density at radius 1 is 1.37 bits per heavy atom. The van der Waals surface area contributed by atoms with Gasteiger partial charge in [-0.1, -0.05) is 12.1 Å². The number of benzene rings is 1. The summed E-state index contributed by atoms with van der Waals surface area (Å²) in [6.45, 7) is 2.56. The van der Waals surface area contributed by atoms with Gasteiger partial charge >= 0.3 is 0 Å². The van der Waals surface area contributed by atoms with E-state index in [0.29, 0.717) is 6.61 Å². The fourth-order valence-electron chi connectivity index (χ4n) is 1.64. The first kappa shape index (κ1) is 15.6. The first-order chi connectivity index (χ1) is 9.02. The lowest BCUT2D eigenvalue weighted by Gasteiger charge is -2.21. The van der Waals surface area contributed by atoms with Crippen molar-refractivity contribution in [2.75, 3.05) is 26.8 Å². The zero-order chi connectivity index (χ0) is 14.3. The molecule has 0 spiro atoms. The van der Waals surface area contributed by atoms with Crippen LogP contribution in [0.3, 0.4) is 0 Å². The SMILES string of the molecule is COCCN(CCC#N)S(=O)(=O)c1cccc(C)c1. The molecule has 0 aliphatic heterocycles. The van der Waals surface area contributed by atoms with E-state index in [1.54, 1.807) is 18.2 Å². The van der Waals surface area contributed by atoms with Crippen molar-refractivity contribution in [2.24, 2.45) is 0 Å². The van der Waals surface area contributed by atoms with Crippen LogP contribution in [0.4, 0.5) is 0 Å². The lowest BCUT2D eigenvalue weighted by Crippen LogP contribution is -2.34. The molecule has 0 radical (unpaired) electrons. The maximum absolute atomic E-state index is 12.5. The van der Waals surface area contributed by atoms with Gasteiger partial charge in [-0.2, -0.15) is 9.57 Å². The molecule has 0 fully saturated rings. The highest BCUT2D eigenvalue weighted by molar-refractivity contribution is 7.89. The molecule has 0 atom stereocenters. The molecule has 1 rings (SSSR count). The Bertz CT molecular complexity index is 549. The molecule has 0 aliphatic carbocycles. The molecule has 1 aromatic rings. The predicted molar refractivity (Wildman–Crippen MR) is 72.0 cm³/mol. The summed E-state index contributed by atoms with van der Waals surface area (Å²) < 4.78 is 31.1. The van der Waals surface area contributed by atoms with Crippen LogP contribution in [0, 0.1) is 18.3 Å². The molecule has 0 unspecified atom stereocenters. The molecule has 0 aliphatic rings. The van der Waals surface area contributed by atoms with Crippen LogP contribution in [0.1, 0.15) is 12.0 Å². The van der Waals surface area contributed by atoms with Gasteiger partial charge in [0.05, 0.1) is 17.6 Å². The third-order valence-corrected chi connectivity index (χ3v) is 4.54. The van der Waals surface area contributed by atoms with Crippen molar-refractivity contribution >= 4 is 10.0 Å². The molecule has 19 heavy (non-hydrogen) atoms. The summed E-state index contributed by atoms with van der Waals surface area (Å²) >= 11 is 0. The predicted octanol–water partition coefficient (Wildman–Crippen LogP) is 1.55. The smallest absolute Gasteiger partial charge is 0.243 e. The van der Waals surface area contributed by atoms with Gasteiger partial charge in [0.2, 0.25) is 10.0 Å². The van der Waals surface area contributed by atoms with E-state index in [-0.39, 0.29) is 24.4 Å². The molecule has 0 saturated carbocycles. The van der Waals surface area contributed by atoms with Crippen LogP contribution in [0.2, 0.25) is 0 Å². The van der Waals surface area contributed by atoms with Crippen molar-refractivity contribution in [3.63, 3.8) is 0 Å². The van der Waals surface area contributed by atoms with Crippen molar-refractivity contribution in [3.05, 3.63) is 29.8 Å². The van der Waals surface area contributed by atoms with Crippen LogP contribution in [-0.4, -0.2) is 39.5 Å². The number of hydrogen-bond donors (Lipinski definition) is 0. The van der Waals surface area contributed by atoms with Crippen LogP contribution in [-0.2, 0) is 14.8 Å². The van der Waals surface area contributed by atoms with Crippen molar-refractivity contribution in [2.45, 2.75) is 18.2 Å². The summed E-state index contributed by atoms with van der Waals surface area (Å²) in [6, 6.07) is 8.70. The molecular weight excluding hydrogens is 264 g/mol. The number of hydrogen-bond acceptors (Lipinski definition) is 4. The van der Waals surface area contributed by atoms with E-state index in [2.05, 4.69) is 0 Å². The molecular formula is C13H18N2O3S. The number of ether oxygens (including phenoxy) is 1. The summed E-state index contributed by atoms with van der Waals surface area (Å²) in [6.07, 6.45) is 0.161. The Balaban J connectivity index is 3.01. The molecule has 0 amide bonds. The van der Waals surface area contributed by atoms with E-state index >= 15 is 0 Å². The lowest BCUT2D eigenvalue weighted by molar-refractivity contribution is 0.179. The Morgan fingerprint density at radius 3 is 2.68 bits per heavy atom. The second kappa shape index (κ2) is 7.24. The standard InChI is InChI=1S/C13H18N2O3S/c1-12-5-3-6-13(11-12)19(16,17)15(8-4-7-14)9-10-18-2/h3,5-6,11H,4,8-10H2,1-2H3. The van der Waals surface area contributed by atoms with Gasteiger partial charge in [-0.3, -0.25) is 0 Å². The van der Waals surface area contributed by atoms with E-state index in [1.165, 1.54) is 11.4 Å². The number of aryl methyl sites for hydroxylation is 1. The van der Waals surface area contributed by atoms with Crippen LogP contribution in [0.15, 0.2) is 29.2 Å². The highest BCUT2D eigenvalue weighted by Crippen LogP contribution is 2.17. The maximum Gasteiger partial charge on any atom is 0.243 e. The topological polar surface area (TPSA) is 70.4 Å². The van der Waals surface area contributed by atoms with Gasteiger partial charge < -0.3 is 4.74 Å². The average Bonchev–Trinajstić information content (AvgIpc) is 2.38. The minimum Gasteiger partial charge on any atom is -0.383 e. The van der Waals surface area contributed by atoms with E-state index in [1.807, 2.05) is 19.1 Å². The largest absolute Gasteiger partial charge is 0.383 e. The zero-order valence-electron chi connectivity index (χ0n) is 11.2. The van der Waals surface area contributed by atoms with Crippen LogP contribution in [0.5, 0.6) is 0 Å². The number of methoxy groups -OCH3 is 1. The van der Waals surface area contributed by atoms with E-state index in [9.17, 15) is 8.42 Å². The molecule has 0 N–H and O–H groups in total. The molecule has 6 heteroatoms. The molecule has 0 aromatic heterocycles. The zero-order valence-corrected chi connectivity index (χ0v) is 12.0. The van der Waals surface area contributed by atoms with Crippen LogP contribution < -0.4 is 0 Å². The van der Waals surface area contributed by atoms with Gasteiger partial charge in [0, 0.05) is 26.6 Å². The Hall–Kier alpha value is -1.42. The third-order valence-electron chi connectivity index (χ3n) is 2.65. The second-order valence-corrected chi connectivity index (χ2v) is 6.06. The fourth-order valence-corrected chi connectivity index (χ4v) is 3.17. The van der Waals surface area contributed by atoms with Crippen LogP contribution >= 0.6 is 0 Å². The van der Waals surface area contributed by atoms with Gasteiger partial charge in [-0.25, -0.2) is 8.42 Å². The summed E-state index contributed by atoms with van der Waals surface area (Å²) in [5.74, 6) is 0. The molecule has 0 heterocycles. The van der Waals surface area contributed by atoms with Gasteiger partial charge in [-0.05, 0) is 24.6 Å². The molecule has 0 bridgehead atoms. The highest BCUT2D eigenvalue weighted by atomic mass is 32.2. The minimum absolute atomic E-state index is 0.161. The monoisotopic (exact) mass is 282 g/mol. The lowest BCUT2D eigenvalue weighted by atomic mass is 10.2. The van der Waals surface area contributed by atoms with Crippen molar-refractivity contribution in [1.82, 2.24) is 4.31 Å². The minimum atomic E-state index is -3.57. The van der Waals surface area contributed by atoms with Gasteiger partial charge in [0.25, 0.3) is 0 Å². The molecule has 0 saturated heterocycles. The van der Waals surface area contributed by atoms with Crippen LogP contribution in [0.25, 0.3) is 0 Å². The molecule has 5 nitrogen and oxygen atoms in total. The number of sulfonamides is 1. The van der Waals surface area contributed by atoms with Crippen molar-refractivity contribution in [1.29, 1.82) is 5.26 Å². The van der Waals surface area contributed by atoms with Gasteiger partial charge in [0.1, 0.15) is 0 Å². The summed E-state index contributed by atoms with van der Waals surface area (Å²) in [4.78, 5) is 0.251. The van der Waals surface area contributed by atoms with E-state index in [0.717, 1.165) is 5.56 Å². The first-order valence-electron chi connectivity index (χ1n) is 5.95. The molecule has 104 valence electrons. The quantitative estimate of drug-likeness (QED) is 0.760. The Kier molecular flexibility index (Phi) is 5.96. The summed E-state index contributed by atoms with van der Waals surface area (Å²) in [5, 5.41) is 8.62. The third kappa shape index (κ3) is 4.31. The number of nitriles is 1. The van der Waals surface area contributed by atoms with Gasteiger partial charge in [-0.15, -0.1) is 0 Å². The Morgan fingerprint density at radius 2 is 2.11 bits per heavy atom. The first-order valence-corrected chi connectivity index (χ1v) is 7.39. The summed E-state index contributed by atoms with van der Waals surface area (Å²) in [7, 11) is -2.05. The maximum atomic E-state index is 12.5. The summed E-state index contributed by atoms with van der Waals surface area (Å²) in [5.41, 5.74) is 0.882. The number of rotatable bonds is 7. The average molecular weight is 282 g/mol. The van der Waals surface area contributed by atoms with E-state index < -0.39 is 10.0 Å². The fraction of sp³-hybridized carbons (Fsp3) is 0.462. The van der Waals surface area contributed by atoms with Gasteiger partial charge in [0.15, 0.2) is 0 Å². The van der Waals surface area contributed by atoms with Crippen molar-refractivity contribution < 1.29 is 13.2 Å². The molecule has 1 aromatic carbocycles. The normalized spacial score (nSPS) is 11.5. The highest BCUT2D eigenvalue weighted by Gasteiger charge is 2.23. The van der Waals surface area contributed by atoms with Crippen molar-refractivity contribution in [3.8, 4) is 6.07 Å². The Labute approximate surface area is 114 Å². The van der Waals surface area contributed by atoms with E-state index in [4.69, 9.17) is 10.00 Å².